The number of morpholine rings is 1. The largest absolute Gasteiger partial charge is 0.445 e. The van der Waals surface area contributed by atoms with E-state index in [1.807, 2.05) is 48.5 Å². The third kappa shape index (κ3) is 6.16. The fourth-order valence-electron chi connectivity index (χ4n) is 3.84. The number of amides is 1. The highest BCUT2D eigenvalue weighted by Crippen LogP contribution is 2.27. The molecule has 0 bridgehead atoms. The van der Waals surface area contributed by atoms with Crippen LogP contribution in [0, 0.1) is 10.1 Å². The van der Waals surface area contributed by atoms with E-state index < -0.39 is 22.0 Å². The second-order valence-corrected chi connectivity index (χ2v) is 8.83. The number of carbonyl (C=O) groups excluding carboxylic acids is 1. The Hall–Kier alpha value is -2.82. The molecule has 2 aliphatic heterocycles. The number of likely N-dealkylation sites (tertiary alicyclic amines) is 1. The van der Waals surface area contributed by atoms with Crippen LogP contribution in [0.15, 0.2) is 59.5 Å². The summed E-state index contributed by atoms with van der Waals surface area (Å²) in [6.45, 7) is 5.93. The van der Waals surface area contributed by atoms with Crippen LogP contribution in [0.25, 0.3) is 0 Å². The molecule has 2 aliphatic rings. The van der Waals surface area contributed by atoms with E-state index in [4.69, 9.17) is 9.47 Å². The van der Waals surface area contributed by atoms with Gasteiger partial charge in [-0.15, -0.1) is 0 Å². The molecular weight excluding hydrogens is 446 g/mol. The number of nitro groups is 1. The van der Waals surface area contributed by atoms with Gasteiger partial charge in [0.1, 0.15) is 17.6 Å². The molecule has 1 amide bonds. The maximum absolute atomic E-state index is 13.2. The minimum absolute atomic E-state index is 0.0504. The highest BCUT2D eigenvalue weighted by atomic mass is 32.2. The van der Waals surface area contributed by atoms with Crippen molar-refractivity contribution in [3.8, 4) is 0 Å². The molecule has 2 aromatic rings. The van der Waals surface area contributed by atoms with Gasteiger partial charge >= 0.3 is 6.09 Å². The Kier molecular flexibility index (Phi) is 8.93. The molecule has 9 nitrogen and oxygen atoms in total. The first-order chi connectivity index (χ1) is 16.0. The van der Waals surface area contributed by atoms with Gasteiger partial charge < -0.3 is 14.4 Å². The maximum Gasteiger partial charge on any atom is 0.410 e. The summed E-state index contributed by atoms with van der Waals surface area (Å²) in [5, 5.41) is 10.9. The highest BCUT2D eigenvalue weighted by molar-refractivity contribution is 7.82. The van der Waals surface area contributed by atoms with Crippen molar-refractivity contribution < 1.29 is 23.4 Å². The Labute approximate surface area is 196 Å². The van der Waals surface area contributed by atoms with E-state index in [2.05, 4.69) is 0 Å². The zero-order valence-electron chi connectivity index (χ0n) is 18.8. The first-order valence-corrected chi connectivity index (χ1v) is 12.1. The molecule has 10 heteroatoms. The average Bonchev–Trinajstić information content (AvgIpc) is 2.88. The van der Waals surface area contributed by atoms with E-state index in [0.717, 1.165) is 5.56 Å². The van der Waals surface area contributed by atoms with E-state index in [1.165, 1.54) is 24.3 Å². The second kappa shape index (κ2) is 11.9. The summed E-state index contributed by atoms with van der Waals surface area (Å²) in [5.41, 5.74) is 0.859. The Morgan fingerprint density at radius 1 is 1.15 bits per heavy atom. The van der Waals surface area contributed by atoms with Crippen molar-refractivity contribution in [1.82, 2.24) is 9.21 Å². The number of piperidine rings is 1. The van der Waals surface area contributed by atoms with Crippen molar-refractivity contribution in [3.05, 3.63) is 70.3 Å². The lowest BCUT2D eigenvalue weighted by Gasteiger charge is -2.45. The number of nitro benzene ring substituents is 1. The van der Waals surface area contributed by atoms with E-state index in [-0.39, 0.29) is 24.4 Å². The zero-order chi connectivity index (χ0) is 23.8. The van der Waals surface area contributed by atoms with E-state index >= 15 is 0 Å². The first kappa shape index (κ1) is 24.8. The summed E-state index contributed by atoms with van der Waals surface area (Å²) in [4.78, 5) is 25.1. The topological polar surface area (TPSA) is 102 Å². The lowest BCUT2D eigenvalue weighted by Crippen LogP contribution is -2.61. The fourth-order valence-corrected chi connectivity index (χ4v) is 5.17. The van der Waals surface area contributed by atoms with Gasteiger partial charge in [-0.25, -0.2) is 13.3 Å². The summed E-state index contributed by atoms with van der Waals surface area (Å²) in [5.74, 6) is 0. The van der Waals surface area contributed by atoms with Gasteiger partial charge in [0.25, 0.3) is 5.69 Å². The third-order valence-corrected chi connectivity index (χ3v) is 7.01. The molecule has 0 aromatic heterocycles. The van der Waals surface area contributed by atoms with Crippen LogP contribution in [-0.4, -0.2) is 62.8 Å². The van der Waals surface area contributed by atoms with Gasteiger partial charge in [-0.1, -0.05) is 44.2 Å². The lowest BCUT2D eigenvalue weighted by atomic mass is 10.0. The predicted molar refractivity (Wildman–Crippen MR) is 124 cm³/mol. The minimum atomic E-state index is -1.52. The van der Waals surface area contributed by atoms with Crippen LogP contribution in [0.4, 0.5) is 10.5 Å². The molecule has 2 saturated heterocycles. The SMILES string of the molecule is CC.O=C(OCc1ccccc1)N1CCC2OCCN(S(=O)c3ccc([N+](=O)[O-])cc3)C2C1. The summed E-state index contributed by atoms with van der Waals surface area (Å²) >= 11 is 0. The van der Waals surface area contributed by atoms with Crippen molar-refractivity contribution >= 4 is 22.8 Å². The van der Waals surface area contributed by atoms with Gasteiger partial charge in [-0.05, 0) is 24.1 Å². The van der Waals surface area contributed by atoms with Crippen LogP contribution in [0.3, 0.4) is 0 Å². The van der Waals surface area contributed by atoms with Crippen LogP contribution in [-0.2, 0) is 27.1 Å². The summed E-state index contributed by atoms with van der Waals surface area (Å²) in [7, 11) is -1.52. The number of non-ortho nitro benzene ring substituents is 1. The predicted octanol–water partition coefficient (Wildman–Crippen LogP) is 3.76. The Bertz CT molecular complexity index is 956. The first-order valence-electron chi connectivity index (χ1n) is 11.0. The van der Waals surface area contributed by atoms with E-state index in [0.29, 0.717) is 37.6 Å². The zero-order valence-corrected chi connectivity index (χ0v) is 19.6. The van der Waals surface area contributed by atoms with E-state index in [9.17, 15) is 19.1 Å². The van der Waals surface area contributed by atoms with E-state index in [1.54, 1.807) is 4.90 Å². The van der Waals surface area contributed by atoms with Crippen LogP contribution >= 0.6 is 0 Å². The molecule has 0 saturated carbocycles. The summed E-state index contributed by atoms with van der Waals surface area (Å²) < 4.78 is 26.3. The Morgan fingerprint density at radius 3 is 2.52 bits per heavy atom. The summed E-state index contributed by atoms with van der Waals surface area (Å²) in [6, 6.07) is 14.9. The number of nitrogens with zero attached hydrogens (tertiary/aromatic N) is 3. The number of hydrogen-bond donors (Lipinski definition) is 0. The number of ether oxygens (including phenoxy) is 2. The molecule has 2 aromatic carbocycles. The second-order valence-electron chi connectivity index (χ2n) is 7.39. The Balaban J connectivity index is 0.00000149. The lowest BCUT2D eigenvalue weighted by molar-refractivity contribution is -0.384. The monoisotopic (exact) mass is 475 g/mol. The van der Waals surface area contributed by atoms with Crippen LogP contribution in [0.2, 0.25) is 0 Å². The fraction of sp³-hybridized carbons (Fsp3) is 0.435. The molecule has 178 valence electrons. The van der Waals surface area contributed by atoms with Crippen molar-refractivity contribution in [2.24, 2.45) is 0 Å². The molecule has 0 radical (unpaired) electrons. The normalized spacial score (nSPS) is 21.2. The standard InChI is InChI=1S/C21H23N3O6S.C2H6/c25-21(30-15-16-4-2-1-3-5-16)22-11-10-20-19(14-22)23(12-13-29-20)31(28)18-8-6-17(7-9-18)24(26)27;1-2/h1-9,19-20H,10-15H2;1-2H3. The molecule has 0 aliphatic carbocycles. The van der Waals surface area contributed by atoms with Gasteiger partial charge in [-0.3, -0.25) is 10.1 Å². The van der Waals surface area contributed by atoms with Gasteiger partial charge in [0, 0.05) is 31.8 Å². The third-order valence-electron chi connectivity index (χ3n) is 5.46. The maximum atomic E-state index is 13.2. The van der Waals surface area contributed by atoms with Gasteiger partial charge in [0.2, 0.25) is 0 Å². The van der Waals surface area contributed by atoms with Crippen molar-refractivity contribution in [1.29, 1.82) is 0 Å². The Morgan fingerprint density at radius 2 is 1.85 bits per heavy atom. The molecule has 0 N–H and O–H groups in total. The number of hydrogen-bond acceptors (Lipinski definition) is 6. The number of carbonyl (C=O) groups is 1. The highest BCUT2D eigenvalue weighted by Gasteiger charge is 2.41. The van der Waals surface area contributed by atoms with Crippen LogP contribution in [0.1, 0.15) is 25.8 Å². The number of rotatable bonds is 5. The molecule has 3 atom stereocenters. The van der Waals surface area contributed by atoms with Crippen LogP contribution < -0.4 is 0 Å². The molecule has 3 unspecified atom stereocenters. The van der Waals surface area contributed by atoms with Gasteiger partial charge in [-0.2, -0.15) is 0 Å². The summed E-state index contributed by atoms with van der Waals surface area (Å²) in [6.07, 6.45) is 0.0851. The molecule has 2 heterocycles. The quantitative estimate of drug-likeness (QED) is 0.482. The molecule has 4 rings (SSSR count). The smallest absolute Gasteiger partial charge is 0.410 e. The molecule has 2 fully saturated rings. The minimum Gasteiger partial charge on any atom is -0.445 e. The van der Waals surface area contributed by atoms with Gasteiger partial charge in [0.15, 0.2) is 0 Å². The molecule has 0 spiro atoms. The van der Waals surface area contributed by atoms with Crippen molar-refractivity contribution in [3.63, 3.8) is 0 Å². The van der Waals surface area contributed by atoms with Crippen molar-refractivity contribution in [2.75, 3.05) is 26.2 Å². The molecular formula is C23H29N3O6S. The molecule has 33 heavy (non-hydrogen) atoms. The number of fused-ring (bicyclic) bond motifs is 1. The van der Waals surface area contributed by atoms with Crippen LogP contribution in [0.5, 0.6) is 0 Å². The van der Waals surface area contributed by atoms with Gasteiger partial charge in [0.05, 0.1) is 28.6 Å². The average molecular weight is 476 g/mol. The van der Waals surface area contributed by atoms with Crippen molar-refractivity contribution in [2.45, 2.75) is 43.9 Å². The number of benzene rings is 2.